The van der Waals surface area contributed by atoms with Gasteiger partial charge in [0.25, 0.3) is 10.0 Å². The highest BCUT2D eigenvalue weighted by Gasteiger charge is 2.28. The van der Waals surface area contributed by atoms with Crippen LogP contribution in [0.2, 0.25) is 5.02 Å². The lowest BCUT2D eigenvalue weighted by Crippen LogP contribution is -2.14. The Hall–Kier alpha value is -2.45. The molecule has 1 aliphatic carbocycles. The number of tetrazole rings is 1. The maximum absolute atomic E-state index is 12.7. The number of sulfonamides is 1. The van der Waals surface area contributed by atoms with Crippen molar-refractivity contribution < 1.29 is 8.42 Å². The molecule has 4 rings (SSSR count). The lowest BCUT2D eigenvalue weighted by atomic mass is 10.2. The number of anilines is 1. The maximum atomic E-state index is 12.7. The first-order chi connectivity index (χ1) is 12.4. The molecule has 1 N–H and O–H groups in total. The fourth-order valence-corrected chi connectivity index (χ4v) is 4.30. The van der Waals surface area contributed by atoms with Gasteiger partial charge in [-0.1, -0.05) is 23.7 Å². The molecule has 1 aromatic heterocycles. The number of nitrogens with one attached hydrogen (secondary N) is 1. The molecule has 26 heavy (non-hydrogen) atoms. The zero-order chi connectivity index (χ0) is 18.3. The summed E-state index contributed by atoms with van der Waals surface area (Å²) in [6, 6.07) is 12.1. The molecule has 3 aromatic rings. The van der Waals surface area contributed by atoms with Gasteiger partial charge in [0, 0.05) is 16.3 Å². The number of hydrogen-bond donors (Lipinski definition) is 1. The lowest BCUT2D eigenvalue weighted by molar-refractivity contribution is 0.600. The third kappa shape index (κ3) is 3.30. The van der Waals surface area contributed by atoms with E-state index in [1.54, 1.807) is 41.9 Å². The highest BCUT2D eigenvalue weighted by molar-refractivity contribution is 7.92. The first kappa shape index (κ1) is 17.0. The highest BCUT2D eigenvalue weighted by Crippen LogP contribution is 2.37. The van der Waals surface area contributed by atoms with Crippen LogP contribution in [0.4, 0.5) is 5.69 Å². The van der Waals surface area contributed by atoms with E-state index < -0.39 is 10.0 Å². The molecule has 9 heteroatoms. The van der Waals surface area contributed by atoms with Crippen molar-refractivity contribution in [1.29, 1.82) is 0 Å². The molecular weight excluding hydrogens is 374 g/mol. The van der Waals surface area contributed by atoms with Gasteiger partial charge in [0.1, 0.15) is 0 Å². The van der Waals surface area contributed by atoms with Crippen LogP contribution < -0.4 is 4.72 Å². The zero-order valence-corrected chi connectivity index (χ0v) is 15.5. The molecule has 1 saturated carbocycles. The summed E-state index contributed by atoms with van der Waals surface area (Å²) in [6.45, 7) is 1.71. The predicted molar refractivity (Wildman–Crippen MR) is 98.5 cm³/mol. The van der Waals surface area contributed by atoms with E-state index in [0.29, 0.717) is 28.1 Å². The molecule has 0 radical (unpaired) electrons. The molecule has 0 amide bonds. The van der Waals surface area contributed by atoms with Crippen LogP contribution in [0.1, 0.15) is 24.4 Å². The van der Waals surface area contributed by atoms with Crippen molar-refractivity contribution >= 4 is 27.3 Å². The largest absolute Gasteiger partial charge is 0.280 e. The van der Waals surface area contributed by atoms with Crippen molar-refractivity contribution in [1.82, 2.24) is 20.2 Å². The minimum Gasteiger partial charge on any atom is -0.280 e. The van der Waals surface area contributed by atoms with Gasteiger partial charge in [0.05, 0.1) is 10.9 Å². The summed E-state index contributed by atoms with van der Waals surface area (Å²) in [5.74, 6) is 0.635. The number of aryl methyl sites for hydroxylation is 1. The van der Waals surface area contributed by atoms with Gasteiger partial charge in [-0.25, -0.2) is 13.1 Å². The smallest absolute Gasteiger partial charge is 0.262 e. The fraction of sp³-hybridized carbons (Fsp3) is 0.235. The summed E-state index contributed by atoms with van der Waals surface area (Å²) in [4.78, 5) is 0.190. The maximum Gasteiger partial charge on any atom is 0.262 e. The average Bonchev–Trinajstić information content (AvgIpc) is 3.31. The number of benzene rings is 2. The van der Waals surface area contributed by atoms with Crippen molar-refractivity contribution in [2.24, 2.45) is 0 Å². The Kier molecular flexibility index (Phi) is 4.16. The lowest BCUT2D eigenvalue weighted by Gasteiger charge is -2.11. The van der Waals surface area contributed by atoms with Gasteiger partial charge in [-0.2, -0.15) is 0 Å². The molecule has 1 heterocycles. The normalized spacial score (nSPS) is 14.4. The Morgan fingerprint density at radius 3 is 2.73 bits per heavy atom. The quantitative estimate of drug-likeness (QED) is 0.721. The highest BCUT2D eigenvalue weighted by atomic mass is 35.5. The van der Waals surface area contributed by atoms with Gasteiger partial charge >= 0.3 is 0 Å². The predicted octanol–water partition coefficient (Wildman–Crippen LogP) is 3.44. The van der Waals surface area contributed by atoms with E-state index in [0.717, 1.165) is 18.4 Å². The number of rotatable bonds is 5. The molecule has 0 unspecified atom stereocenters. The van der Waals surface area contributed by atoms with Gasteiger partial charge < -0.3 is 0 Å². The molecule has 1 fully saturated rings. The van der Waals surface area contributed by atoms with Crippen LogP contribution in [0.25, 0.3) is 11.4 Å². The molecule has 0 atom stereocenters. The fourth-order valence-electron chi connectivity index (χ4n) is 2.79. The Bertz CT molecular complexity index is 1080. The SMILES string of the molecule is Cc1cc(Cl)ccc1S(=O)(=O)Nc1cccc(-c2nnnn2C2CC2)c1. The number of nitrogens with zero attached hydrogens (tertiary/aromatic N) is 4. The van der Waals surface area contributed by atoms with Crippen molar-refractivity contribution in [3.8, 4) is 11.4 Å². The average molecular weight is 390 g/mol. The molecule has 1 aliphatic rings. The first-order valence-corrected chi connectivity index (χ1v) is 9.97. The van der Waals surface area contributed by atoms with Crippen LogP contribution in [-0.2, 0) is 10.0 Å². The monoisotopic (exact) mass is 389 g/mol. The Labute approximate surface area is 156 Å². The molecular formula is C17H16ClN5O2S. The Morgan fingerprint density at radius 1 is 1.19 bits per heavy atom. The summed E-state index contributed by atoms with van der Waals surface area (Å²) in [5, 5.41) is 12.3. The van der Waals surface area contributed by atoms with E-state index in [9.17, 15) is 8.42 Å². The van der Waals surface area contributed by atoms with Crippen molar-refractivity contribution in [2.75, 3.05) is 4.72 Å². The van der Waals surface area contributed by atoms with Gasteiger partial charge in [-0.05, 0) is 66.1 Å². The molecule has 134 valence electrons. The third-order valence-electron chi connectivity index (χ3n) is 4.19. The number of halogens is 1. The molecule has 0 spiro atoms. The van der Waals surface area contributed by atoms with Gasteiger partial charge in [-0.3, -0.25) is 4.72 Å². The summed E-state index contributed by atoms with van der Waals surface area (Å²) in [7, 11) is -3.73. The van der Waals surface area contributed by atoms with E-state index in [-0.39, 0.29) is 4.90 Å². The Morgan fingerprint density at radius 2 is 2.00 bits per heavy atom. The second kappa shape index (κ2) is 6.37. The zero-order valence-electron chi connectivity index (χ0n) is 13.9. The first-order valence-electron chi connectivity index (χ1n) is 8.11. The van der Waals surface area contributed by atoms with Crippen LogP contribution in [-0.4, -0.2) is 28.6 Å². The molecule has 0 saturated heterocycles. The van der Waals surface area contributed by atoms with Crippen LogP contribution in [0, 0.1) is 6.92 Å². The Balaban J connectivity index is 1.65. The van der Waals surface area contributed by atoms with Crippen molar-refractivity contribution in [2.45, 2.75) is 30.7 Å². The third-order valence-corrected chi connectivity index (χ3v) is 5.96. The minimum atomic E-state index is -3.73. The number of hydrogen-bond acceptors (Lipinski definition) is 5. The van der Waals surface area contributed by atoms with E-state index in [1.807, 2.05) is 6.07 Å². The molecule has 0 bridgehead atoms. The summed E-state index contributed by atoms with van der Waals surface area (Å²) in [6.07, 6.45) is 2.11. The van der Waals surface area contributed by atoms with Crippen molar-refractivity contribution in [3.05, 3.63) is 53.1 Å². The summed E-state index contributed by atoms with van der Waals surface area (Å²) < 4.78 is 29.8. The topological polar surface area (TPSA) is 89.8 Å². The molecule has 7 nitrogen and oxygen atoms in total. The second-order valence-electron chi connectivity index (χ2n) is 6.27. The minimum absolute atomic E-state index is 0.190. The number of aromatic nitrogens is 4. The van der Waals surface area contributed by atoms with Crippen molar-refractivity contribution in [3.63, 3.8) is 0 Å². The second-order valence-corrected chi connectivity index (χ2v) is 8.36. The standard InChI is InChI=1S/C17H16ClN5O2S/c1-11-9-13(18)5-8-16(11)26(24,25)20-14-4-2-3-12(10-14)17-19-21-22-23(17)15-6-7-15/h2-5,8-10,15,20H,6-7H2,1H3. The van der Waals surface area contributed by atoms with E-state index in [4.69, 9.17) is 11.6 Å². The van der Waals surface area contributed by atoms with Crippen LogP contribution >= 0.6 is 11.6 Å². The van der Waals surface area contributed by atoms with E-state index >= 15 is 0 Å². The molecule has 0 aliphatic heterocycles. The van der Waals surface area contributed by atoms with Gasteiger partial charge in [0.15, 0.2) is 5.82 Å². The summed E-state index contributed by atoms with van der Waals surface area (Å²) >= 11 is 5.91. The van der Waals surface area contributed by atoms with Crippen LogP contribution in [0.3, 0.4) is 0 Å². The summed E-state index contributed by atoms with van der Waals surface area (Å²) in [5.41, 5.74) is 1.79. The van der Waals surface area contributed by atoms with E-state index in [2.05, 4.69) is 20.2 Å². The van der Waals surface area contributed by atoms with E-state index in [1.165, 1.54) is 6.07 Å². The van der Waals surface area contributed by atoms with Crippen LogP contribution in [0.5, 0.6) is 0 Å². The van der Waals surface area contributed by atoms with Crippen LogP contribution in [0.15, 0.2) is 47.4 Å². The van der Waals surface area contributed by atoms with Gasteiger partial charge in [0.2, 0.25) is 0 Å². The van der Waals surface area contributed by atoms with Gasteiger partial charge in [-0.15, -0.1) is 5.10 Å². The molecule has 2 aromatic carbocycles.